The van der Waals surface area contributed by atoms with E-state index in [4.69, 9.17) is 11.6 Å². The third-order valence-electron chi connectivity index (χ3n) is 6.55. The van der Waals surface area contributed by atoms with Gasteiger partial charge in [0.2, 0.25) is 11.8 Å². The molecule has 0 aromatic heterocycles. The summed E-state index contributed by atoms with van der Waals surface area (Å²) in [5.74, 6) is -0.810. The van der Waals surface area contributed by atoms with Crippen LogP contribution in [0.25, 0.3) is 0 Å². The van der Waals surface area contributed by atoms with Crippen molar-refractivity contribution in [1.29, 1.82) is 0 Å². The summed E-state index contributed by atoms with van der Waals surface area (Å²) < 4.78 is 29.8. The first kappa shape index (κ1) is 31.6. The van der Waals surface area contributed by atoms with Crippen molar-refractivity contribution >= 4 is 55.1 Å². The highest BCUT2D eigenvalue weighted by atomic mass is 79.9. The maximum absolute atomic E-state index is 14.0. The minimum Gasteiger partial charge on any atom is -0.354 e. The number of amides is 2. The van der Waals surface area contributed by atoms with E-state index in [0.29, 0.717) is 22.8 Å². The van der Waals surface area contributed by atoms with Gasteiger partial charge in [-0.05, 0) is 80.8 Å². The molecular formula is C30H35BrClN3O4S. The van der Waals surface area contributed by atoms with E-state index in [1.165, 1.54) is 17.0 Å². The normalized spacial score (nSPS) is 12.1. The molecule has 0 saturated carbocycles. The highest BCUT2D eigenvalue weighted by molar-refractivity contribution is 9.10. The fraction of sp³-hybridized carbons (Fsp3) is 0.333. The summed E-state index contributed by atoms with van der Waals surface area (Å²) in [7, 11) is -4.14. The lowest BCUT2D eigenvalue weighted by Gasteiger charge is -2.32. The van der Waals surface area contributed by atoms with E-state index < -0.39 is 28.5 Å². The molecule has 0 aliphatic carbocycles. The average molecular weight is 649 g/mol. The molecule has 0 spiro atoms. The van der Waals surface area contributed by atoms with Crippen LogP contribution in [0, 0.1) is 13.8 Å². The summed E-state index contributed by atoms with van der Waals surface area (Å²) in [6, 6.07) is 17.9. The molecule has 1 N–H and O–H groups in total. The Balaban J connectivity index is 2.04. The Bertz CT molecular complexity index is 1450. The minimum atomic E-state index is -4.14. The first-order chi connectivity index (χ1) is 18.9. The minimum absolute atomic E-state index is 0.0594. The largest absolute Gasteiger partial charge is 0.354 e. The van der Waals surface area contributed by atoms with Crippen LogP contribution in [-0.4, -0.2) is 44.3 Å². The van der Waals surface area contributed by atoms with Gasteiger partial charge in [-0.3, -0.25) is 13.9 Å². The van der Waals surface area contributed by atoms with Crippen molar-refractivity contribution in [3.8, 4) is 0 Å². The zero-order chi connectivity index (χ0) is 29.4. The third kappa shape index (κ3) is 8.08. The number of aryl methyl sites for hydroxylation is 2. The topological polar surface area (TPSA) is 86.8 Å². The van der Waals surface area contributed by atoms with E-state index in [0.717, 1.165) is 32.7 Å². The fourth-order valence-electron chi connectivity index (χ4n) is 4.20. The standard InChI is InChI=1S/C30H35BrClN3O4S/c1-5-6-16-33-30(37)23(4)34(19-24-8-7-9-25(31)18-24)29(36)20-35(28-15-12-26(32)17-22(28)3)40(38,39)27-13-10-21(2)11-14-27/h7-15,17-18,23H,5-6,16,19-20H2,1-4H3,(H,33,37). The molecule has 0 aliphatic rings. The van der Waals surface area contributed by atoms with Crippen LogP contribution in [0.5, 0.6) is 0 Å². The van der Waals surface area contributed by atoms with Gasteiger partial charge < -0.3 is 10.2 Å². The molecule has 3 rings (SSSR count). The van der Waals surface area contributed by atoms with Crippen LogP contribution in [0.3, 0.4) is 0 Å². The average Bonchev–Trinajstić information content (AvgIpc) is 2.90. The zero-order valence-corrected chi connectivity index (χ0v) is 26.3. The number of anilines is 1. The van der Waals surface area contributed by atoms with Gasteiger partial charge >= 0.3 is 0 Å². The Morgan fingerprint density at radius 2 is 1.73 bits per heavy atom. The van der Waals surface area contributed by atoms with Crippen molar-refractivity contribution in [1.82, 2.24) is 10.2 Å². The monoisotopic (exact) mass is 647 g/mol. The molecule has 0 radical (unpaired) electrons. The maximum atomic E-state index is 14.0. The van der Waals surface area contributed by atoms with Crippen molar-refractivity contribution in [2.24, 2.45) is 0 Å². The van der Waals surface area contributed by atoms with Crippen LogP contribution < -0.4 is 9.62 Å². The molecule has 0 fully saturated rings. The third-order valence-corrected chi connectivity index (χ3v) is 9.06. The predicted molar refractivity (Wildman–Crippen MR) is 164 cm³/mol. The molecule has 0 heterocycles. The number of nitrogens with zero attached hydrogens (tertiary/aromatic N) is 2. The van der Waals surface area contributed by atoms with Crippen molar-refractivity contribution in [3.63, 3.8) is 0 Å². The molecule has 40 heavy (non-hydrogen) atoms. The summed E-state index contributed by atoms with van der Waals surface area (Å²) in [6.45, 7) is 7.42. The summed E-state index contributed by atoms with van der Waals surface area (Å²) in [5.41, 5.74) is 2.64. The number of hydrogen-bond acceptors (Lipinski definition) is 4. The number of benzene rings is 3. The van der Waals surface area contributed by atoms with E-state index in [1.807, 2.05) is 38.1 Å². The number of sulfonamides is 1. The lowest BCUT2D eigenvalue weighted by atomic mass is 10.1. The summed E-state index contributed by atoms with van der Waals surface area (Å²) in [6.07, 6.45) is 1.73. The van der Waals surface area contributed by atoms with E-state index >= 15 is 0 Å². The van der Waals surface area contributed by atoms with Crippen molar-refractivity contribution in [2.75, 3.05) is 17.4 Å². The van der Waals surface area contributed by atoms with Crippen molar-refractivity contribution < 1.29 is 18.0 Å². The molecule has 3 aromatic rings. The predicted octanol–water partition coefficient (Wildman–Crippen LogP) is 6.25. The molecule has 7 nitrogen and oxygen atoms in total. The second kappa shape index (κ2) is 14.1. The van der Waals surface area contributed by atoms with E-state index in [-0.39, 0.29) is 17.3 Å². The quantitative estimate of drug-likeness (QED) is 0.235. The highest BCUT2D eigenvalue weighted by Gasteiger charge is 2.33. The van der Waals surface area contributed by atoms with E-state index in [2.05, 4.69) is 21.2 Å². The Morgan fingerprint density at radius 1 is 1.02 bits per heavy atom. The van der Waals surface area contributed by atoms with Crippen LogP contribution in [0.15, 0.2) is 76.1 Å². The van der Waals surface area contributed by atoms with Gasteiger partial charge in [0.05, 0.1) is 10.6 Å². The number of halogens is 2. The van der Waals surface area contributed by atoms with E-state index in [1.54, 1.807) is 44.2 Å². The van der Waals surface area contributed by atoms with Gasteiger partial charge in [0, 0.05) is 22.6 Å². The molecule has 10 heteroatoms. The Morgan fingerprint density at radius 3 is 2.35 bits per heavy atom. The molecule has 0 saturated heterocycles. The number of unbranched alkanes of at least 4 members (excludes halogenated alkanes) is 1. The van der Waals surface area contributed by atoms with Crippen LogP contribution in [-0.2, 0) is 26.2 Å². The van der Waals surface area contributed by atoms with Gasteiger partial charge in [-0.15, -0.1) is 0 Å². The number of hydrogen-bond donors (Lipinski definition) is 1. The molecule has 2 amide bonds. The molecule has 1 atom stereocenters. The van der Waals surface area contributed by atoms with Crippen LogP contribution in [0.2, 0.25) is 5.02 Å². The lowest BCUT2D eigenvalue weighted by Crippen LogP contribution is -2.51. The Labute approximate surface area is 250 Å². The van der Waals surface area contributed by atoms with Gasteiger partial charge in [0.1, 0.15) is 12.6 Å². The van der Waals surface area contributed by atoms with Crippen LogP contribution in [0.4, 0.5) is 5.69 Å². The van der Waals surface area contributed by atoms with Crippen molar-refractivity contribution in [3.05, 3.63) is 92.9 Å². The molecule has 1 unspecified atom stereocenters. The zero-order valence-electron chi connectivity index (χ0n) is 23.2. The van der Waals surface area contributed by atoms with Crippen LogP contribution in [0.1, 0.15) is 43.4 Å². The molecular weight excluding hydrogens is 614 g/mol. The number of nitrogens with one attached hydrogen (secondary N) is 1. The molecule has 214 valence electrons. The summed E-state index contributed by atoms with van der Waals surface area (Å²) in [4.78, 5) is 28.5. The lowest BCUT2D eigenvalue weighted by molar-refractivity contribution is -0.139. The Kier molecular flexibility index (Phi) is 11.2. The summed E-state index contributed by atoms with van der Waals surface area (Å²) >= 11 is 9.62. The van der Waals surface area contributed by atoms with Gasteiger partial charge in [0.25, 0.3) is 10.0 Å². The smallest absolute Gasteiger partial charge is 0.264 e. The highest BCUT2D eigenvalue weighted by Crippen LogP contribution is 2.29. The van der Waals surface area contributed by atoms with Crippen LogP contribution >= 0.6 is 27.5 Å². The fourth-order valence-corrected chi connectivity index (χ4v) is 6.35. The number of carbonyl (C=O) groups excluding carboxylic acids is 2. The number of rotatable bonds is 12. The summed E-state index contributed by atoms with van der Waals surface area (Å²) in [5, 5.41) is 3.34. The molecule has 0 aliphatic heterocycles. The van der Waals surface area contributed by atoms with Gasteiger partial charge in [-0.2, -0.15) is 0 Å². The molecule has 3 aromatic carbocycles. The maximum Gasteiger partial charge on any atom is 0.264 e. The van der Waals surface area contributed by atoms with E-state index in [9.17, 15) is 18.0 Å². The van der Waals surface area contributed by atoms with Gasteiger partial charge in [0.15, 0.2) is 0 Å². The first-order valence-electron chi connectivity index (χ1n) is 13.1. The van der Waals surface area contributed by atoms with Crippen molar-refractivity contribution in [2.45, 2.75) is 58.0 Å². The second-order valence-corrected chi connectivity index (χ2v) is 12.9. The SMILES string of the molecule is CCCCNC(=O)C(C)N(Cc1cccc(Br)c1)C(=O)CN(c1ccc(Cl)cc1C)S(=O)(=O)c1ccc(C)cc1. The van der Waals surface area contributed by atoms with Gasteiger partial charge in [-0.1, -0.05) is 70.7 Å². The molecule has 0 bridgehead atoms. The van der Waals surface area contributed by atoms with Gasteiger partial charge in [-0.25, -0.2) is 8.42 Å². The first-order valence-corrected chi connectivity index (χ1v) is 15.7. The Hall–Kier alpha value is -2.88. The number of carbonyl (C=O) groups is 2. The second-order valence-electron chi connectivity index (χ2n) is 9.73.